The van der Waals surface area contributed by atoms with Crippen molar-refractivity contribution >= 4 is 17.9 Å². The predicted molar refractivity (Wildman–Crippen MR) is 73.0 cm³/mol. The molecule has 0 aromatic heterocycles. The monoisotopic (exact) mass is 285 g/mol. The van der Waals surface area contributed by atoms with Gasteiger partial charge in [-0.05, 0) is 24.7 Å². The number of carboxylic acids is 1. The Morgan fingerprint density at radius 2 is 1.90 bits per heavy atom. The van der Waals surface area contributed by atoms with E-state index < -0.39 is 30.4 Å². The molecule has 0 aliphatic heterocycles. The molecular formula is C13H23N3O4. The van der Waals surface area contributed by atoms with Gasteiger partial charge in [0.25, 0.3) is 0 Å². The van der Waals surface area contributed by atoms with E-state index in [1.54, 1.807) is 0 Å². The Bertz CT molecular complexity index is 378. The highest BCUT2D eigenvalue weighted by atomic mass is 16.4. The van der Waals surface area contributed by atoms with Gasteiger partial charge in [0.1, 0.15) is 6.04 Å². The van der Waals surface area contributed by atoms with E-state index in [0.29, 0.717) is 6.54 Å². The molecule has 0 bridgehead atoms. The number of amides is 3. The first-order valence-electron chi connectivity index (χ1n) is 6.94. The fraction of sp³-hybridized carbons (Fsp3) is 0.769. The molecule has 1 aliphatic carbocycles. The third-order valence-corrected chi connectivity index (χ3v) is 4.05. The van der Waals surface area contributed by atoms with Gasteiger partial charge >= 0.3 is 12.0 Å². The summed E-state index contributed by atoms with van der Waals surface area (Å²) in [5.74, 6) is -2.04. The van der Waals surface area contributed by atoms with E-state index in [9.17, 15) is 14.4 Å². The Balaban J connectivity index is 2.45. The minimum absolute atomic E-state index is 0.125. The molecule has 1 fully saturated rings. The molecule has 3 amide bonds. The number of primary amides is 1. The number of nitrogens with two attached hydrogens (primary N) is 1. The smallest absolute Gasteiger partial charge is 0.326 e. The maximum Gasteiger partial charge on any atom is 0.326 e. The van der Waals surface area contributed by atoms with Crippen LogP contribution in [0.15, 0.2) is 0 Å². The van der Waals surface area contributed by atoms with Gasteiger partial charge in [0.05, 0.1) is 6.42 Å². The maximum absolute atomic E-state index is 11.7. The molecule has 0 aromatic carbocycles. The lowest BCUT2D eigenvalue weighted by Crippen LogP contribution is -2.49. The van der Waals surface area contributed by atoms with Crippen LogP contribution in [0.3, 0.4) is 0 Å². The van der Waals surface area contributed by atoms with Gasteiger partial charge in [-0.2, -0.15) is 0 Å². The molecule has 5 N–H and O–H groups in total. The largest absolute Gasteiger partial charge is 0.480 e. The van der Waals surface area contributed by atoms with Crippen LogP contribution in [0.5, 0.6) is 0 Å². The Morgan fingerprint density at radius 1 is 1.30 bits per heavy atom. The zero-order valence-corrected chi connectivity index (χ0v) is 11.8. The first-order valence-corrected chi connectivity index (χ1v) is 6.94. The van der Waals surface area contributed by atoms with Crippen molar-refractivity contribution < 1.29 is 19.5 Å². The second-order valence-corrected chi connectivity index (χ2v) is 5.45. The van der Waals surface area contributed by atoms with Gasteiger partial charge in [-0.1, -0.05) is 19.8 Å². The highest BCUT2D eigenvalue weighted by Gasteiger charge is 2.32. The number of aliphatic carboxylic acids is 1. The van der Waals surface area contributed by atoms with Gasteiger partial charge in [-0.25, -0.2) is 9.59 Å². The van der Waals surface area contributed by atoms with E-state index in [1.165, 1.54) is 0 Å². The number of carboxylic acid groups (broad SMARTS) is 1. The summed E-state index contributed by atoms with van der Waals surface area (Å²) in [6, 6.07) is -1.85. The number of rotatable bonds is 7. The van der Waals surface area contributed by atoms with Crippen molar-refractivity contribution in [1.82, 2.24) is 10.6 Å². The van der Waals surface area contributed by atoms with Crippen LogP contribution in [0, 0.1) is 5.41 Å². The second-order valence-electron chi connectivity index (χ2n) is 5.45. The summed E-state index contributed by atoms with van der Waals surface area (Å²) < 4.78 is 0. The molecule has 114 valence electrons. The first-order chi connectivity index (χ1) is 9.38. The summed E-state index contributed by atoms with van der Waals surface area (Å²) in [6.45, 7) is 2.62. The third kappa shape index (κ3) is 4.71. The summed E-state index contributed by atoms with van der Waals surface area (Å²) in [4.78, 5) is 33.4. The Labute approximate surface area is 118 Å². The van der Waals surface area contributed by atoms with Crippen LogP contribution in [0.2, 0.25) is 0 Å². The van der Waals surface area contributed by atoms with Gasteiger partial charge in [-0.3, -0.25) is 4.79 Å². The van der Waals surface area contributed by atoms with Gasteiger partial charge in [-0.15, -0.1) is 0 Å². The first kappa shape index (κ1) is 16.3. The molecule has 7 nitrogen and oxygen atoms in total. The summed E-state index contributed by atoms with van der Waals surface area (Å²) in [5.41, 5.74) is 5.07. The number of carbonyl (C=O) groups excluding carboxylic acids is 2. The molecule has 0 saturated heterocycles. The molecule has 1 atom stereocenters. The summed E-state index contributed by atoms with van der Waals surface area (Å²) in [6.07, 6.45) is 5.05. The summed E-state index contributed by atoms with van der Waals surface area (Å²) >= 11 is 0. The van der Waals surface area contributed by atoms with Crippen molar-refractivity contribution in [3.05, 3.63) is 0 Å². The highest BCUT2D eigenvalue weighted by molar-refractivity contribution is 5.87. The summed E-state index contributed by atoms with van der Waals surface area (Å²) in [7, 11) is 0. The number of hydrogen-bond acceptors (Lipinski definition) is 3. The Hall–Kier alpha value is -1.79. The molecule has 0 spiro atoms. The molecule has 1 aliphatic rings. The van der Waals surface area contributed by atoms with Crippen LogP contribution in [0.4, 0.5) is 4.79 Å². The maximum atomic E-state index is 11.7. The molecule has 7 heteroatoms. The minimum Gasteiger partial charge on any atom is -0.480 e. The highest BCUT2D eigenvalue weighted by Crippen LogP contribution is 2.40. The fourth-order valence-corrected chi connectivity index (χ4v) is 2.66. The fourth-order valence-electron chi connectivity index (χ4n) is 2.66. The Morgan fingerprint density at radius 3 is 2.35 bits per heavy atom. The SMILES string of the molecule is CCC1(CNC(=O)N[C@@H](CC(N)=O)C(=O)O)CCCC1. The second kappa shape index (κ2) is 7.12. The van der Waals surface area contributed by atoms with E-state index in [2.05, 4.69) is 17.6 Å². The Kier molecular flexibility index (Phi) is 5.79. The predicted octanol–water partition coefficient (Wildman–Crippen LogP) is 0.585. The lowest BCUT2D eigenvalue weighted by molar-refractivity contribution is -0.140. The molecule has 1 saturated carbocycles. The molecular weight excluding hydrogens is 262 g/mol. The average Bonchev–Trinajstić information content (AvgIpc) is 2.84. The van der Waals surface area contributed by atoms with E-state index >= 15 is 0 Å². The molecule has 0 heterocycles. The van der Waals surface area contributed by atoms with Crippen molar-refractivity contribution in [3.8, 4) is 0 Å². The lowest BCUT2D eigenvalue weighted by Gasteiger charge is -2.28. The normalized spacial score (nSPS) is 18.2. The molecule has 1 rings (SSSR count). The van der Waals surface area contributed by atoms with Crippen LogP contribution in [0.1, 0.15) is 45.4 Å². The number of carbonyl (C=O) groups is 3. The molecule has 0 radical (unpaired) electrons. The van der Waals surface area contributed by atoms with Crippen molar-refractivity contribution in [2.75, 3.05) is 6.54 Å². The van der Waals surface area contributed by atoms with Crippen molar-refractivity contribution in [3.63, 3.8) is 0 Å². The third-order valence-electron chi connectivity index (χ3n) is 4.05. The number of urea groups is 1. The van der Waals surface area contributed by atoms with Crippen LogP contribution >= 0.6 is 0 Å². The zero-order valence-electron chi connectivity index (χ0n) is 11.8. The average molecular weight is 285 g/mol. The summed E-state index contributed by atoms with van der Waals surface area (Å²) in [5, 5.41) is 13.9. The van der Waals surface area contributed by atoms with Crippen LogP contribution < -0.4 is 16.4 Å². The quantitative estimate of drug-likeness (QED) is 0.546. The van der Waals surface area contributed by atoms with Crippen LogP contribution in [0.25, 0.3) is 0 Å². The van der Waals surface area contributed by atoms with Crippen molar-refractivity contribution in [1.29, 1.82) is 0 Å². The van der Waals surface area contributed by atoms with E-state index in [-0.39, 0.29) is 5.41 Å². The topological polar surface area (TPSA) is 122 Å². The zero-order chi connectivity index (χ0) is 15.2. The standard InChI is InChI=1S/C13H23N3O4/c1-2-13(5-3-4-6-13)8-15-12(20)16-9(11(18)19)7-10(14)17/h9H,2-8H2,1H3,(H2,14,17)(H,18,19)(H2,15,16,20)/t9-/m0/s1. The van der Waals surface area contributed by atoms with Gasteiger partial charge < -0.3 is 21.5 Å². The molecule has 0 unspecified atom stereocenters. The van der Waals surface area contributed by atoms with Crippen molar-refractivity contribution in [2.24, 2.45) is 11.1 Å². The van der Waals surface area contributed by atoms with Crippen molar-refractivity contribution in [2.45, 2.75) is 51.5 Å². The number of hydrogen-bond donors (Lipinski definition) is 4. The van der Waals surface area contributed by atoms with Gasteiger partial charge in [0.15, 0.2) is 0 Å². The van der Waals surface area contributed by atoms with E-state index in [0.717, 1.165) is 32.1 Å². The number of nitrogens with one attached hydrogen (secondary N) is 2. The van der Waals surface area contributed by atoms with E-state index in [1.807, 2.05) is 0 Å². The minimum atomic E-state index is -1.28. The lowest BCUT2D eigenvalue weighted by atomic mass is 9.83. The molecule has 20 heavy (non-hydrogen) atoms. The van der Waals surface area contributed by atoms with E-state index in [4.69, 9.17) is 10.8 Å². The molecule has 0 aromatic rings. The van der Waals surface area contributed by atoms with Crippen LogP contribution in [-0.4, -0.2) is 35.6 Å². The van der Waals surface area contributed by atoms with Crippen LogP contribution in [-0.2, 0) is 9.59 Å². The van der Waals surface area contributed by atoms with Gasteiger partial charge in [0, 0.05) is 6.54 Å². The van der Waals surface area contributed by atoms with Gasteiger partial charge in [0.2, 0.25) is 5.91 Å².